The maximum Gasteiger partial charge on any atom is 0.327 e. The minimum Gasteiger partial charge on any atom is -0.336 e. The molecule has 3 heterocycles. The first kappa shape index (κ1) is 30.9. The Hall–Kier alpha value is -3.59. The van der Waals surface area contributed by atoms with Crippen LogP contribution in [0.15, 0.2) is 46.3 Å². The lowest BCUT2D eigenvalue weighted by atomic mass is 10.0. The van der Waals surface area contributed by atoms with Gasteiger partial charge in [0.2, 0.25) is 5.91 Å². The zero-order valence-corrected chi connectivity index (χ0v) is 24.9. The van der Waals surface area contributed by atoms with Crippen LogP contribution in [0, 0.1) is 5.92 Å². The van der Waals surface area contributed by atoms with Crippen molar-refractivity contribution in [1.82, 2.24) is 20.1 Å². The maximum absolute atomic E-state index is 13.4. The van der Waals surface area contributed by atoms with Crippen LogP contribution < -0.4 is 10.2 Å². The molecular weight excluding hydrogens is 504 g/mol. The Morgan fingerprint density at radius 1 is 1.23 bits per heavy atom. The van der Waals surface area contributed by atoms with E-state index in [0.717, 1.165) is 54.6 Å². The van der Waals surface area contributed by atoms with Gasteiger partial charge in [-0.2, -0.15) is 0 Å². The zero-order valence-electron chi connectivity index (χ0n) is 24.9. The highest BCUT2D eigenvalue weighted by atomic mass is 16.2. The minimum absolute atomic E-state index is 0.0369. The first-order valence-electron chi connectivity index (χ1n) is 14.3. The molecule has 3 amide bonds. The summed E-state index contributed by atoms with van der Waals surface area (Å²) in [7, 11) is 1.92. The number of anilines is 1. The molecule has 1 unspecified atom stereocenters. The lowest BCUT2D eigenvalue weighted by molar-refractivity contribution is -0.136. The van der Waals surface area contributed by atoms with Crippen LogP contribution in [-0.4, -0.2) is 72.4 Å². The number of aryl methyl sites for hydroxylation is 1. The van der Waals surface area contributed by atoms with Crippen molar-refractivity contribution < 1.29 is 14.4 Å². The fraction of sp³-hybridized carbons (Fsp3) is 0.516. The van der Waals surface area contributed by atoms with Crippen LogP contribution in [-0.2, 0) is 17.8 Å². The maximum atomic E-state index is 13.4. The van der Waals surface area contributed by atoms with E-state index in [-0.39, 0.29) is 17.6 Å². The third-order valence-electron chi connectivity index (χ3n) is 7.27. The smallest absolute Gasteiger partial charge is 0.327 e. The highest BCUT2D eigenvalue weighted by Gasteiger charge is 2.28. The van der Waals surface area contributed by atoms with Gasteiger partial charge in [0, 0.05) is 43.7 Å². The average Bonchev–Trinajstić information content (AvgIpc) is 2.93. The second-order valence-electron chi connectivity index (χ2n) is 10.7. The van der Waals surface area contributed by atoms with Gasteiger partial charge in [0.25, 0.3) is 0 Å². The molecule has 9 nitrogen and oxygen atoms in total. The third-order valence-corrected chi connectivity index (χ3v) is 7.27. The Balaban J connectivity index is 1.81. The Morgan fingerprint density at radius 3 is 2.67 bits per heavy atom. The van der Waals surface area contributed by atoms with Crippen molar-refractivity contribution in [2.45, 2.75) is 66.8 Å². The van der Waals surface area contributed by atoms with Crippen molar-refractivity contribution in [3.8, 4) is 0 Å². The number of amides is 3. The van der Waals surface area contributed by atoms with Crippen LogP contribution in [0.25, 0.3) is 0 Å². The number of aliphatic imine (C=N–C) groups is 1. The SMILES string of the molecule is CC/C=C/C(N=CC(C)CC)=C(C)\C=C(/C)NC(=O)N1CCCc2cc(CN3CCN(C)CC3=O)c(C=O)nc21. The lowest BCUT2D eigenvalue weighted by Gasteiger charge is -2.33. The highest BCUT2D eigenvalue weighted by Crippen LogP contribution is 2.28. The predicted octanol–water partition coefficient (Wildman–Crippen LogP) is 4.89. The Kier molecular flexibility index (Phi) is 11.4. The van der Waals surface area contributed by atoms with Gasteiger partial charge in [-0.05, 0) is 81.9 Å². The molecule has 0 spiro atoms. The van der Waals surface area contributed by atoms with Crippen molar-refractivity contribution in [1.29, 1.82) is 0 Å². The second kappa shape index (κ2) is 14.7. The van der Waals surface area contributed by atoms with Crippen molar-refractivity contribution in [3.63, 3.8) is 0 Å². The monoisotopic (exact) mass is 548 g/mol. The van der Waals surface area contributed by atoms with Crippen LogP contribution in [0.1, 0.15) is 75.5 Å². The van der Waals surface area contributed by atoms with E-state index >= 15 is 0 Å². The fourth-order valence-electron chi connectivity index (χ4n) is 4.67. The predicted molar refractivity (Wildman–Crippen MR) is 161 cm³/mol. The summed E-state index contributed by atoms with van der Waals surface area (Å²) in [6, 6.07) is 1.65. The molecule has 1 saturated heterocycles. The van der Waals surface area contributed by atoms with Gasteiger partial charge in [-0.25, -0.2) is 9.78 Å². The number of pyridine rings is 1. The molecule has 1 fully saturated rings. The molecule has 0 bridgehead atoms. The molecule has 0 radical (unpaired) electrons. The first-order chi connectivity index (χ1) is 19.2. The topological polar surface area (TPSA) is 98.2 Å². The second-order valence-corrected chi connectivity index (χ2v) is 10.7. The number of fused-ring (bicyclic) bond motifs is 1. The van der Waals surface area contributed by atoms with Gasteiger partial charge in [0.15, 0.2) is 6.29 Å². The molecule has 2 aliphatic rings. The highest BCUT2D eigenvalue weighted by molar-refractivity contribution is 5.94. The van der Waals surface area contributed by atoms with Crippen LogP contribution in [0.4, 0.5) is 10.6 Å². The standard InChI is InChI=1S/C31H44N6O3/c1-7-9-12-27(32-18-22(3)8-2)23(4)16-24(5)33-31(40)37-13-10-11-25-17-26(28(21-38)34-30(25)37)19-36-15-14-35(6)20-29(36)39/h9,12,16-18,21-22H,7-8,10-11,13-15,19-20H2,1-6H3,(H,33,40)/b12-9+,24-16+,27-23+,32-18?. The zero-order chi connectivity index (χ0) is 29.2. The molecular formula is C31H44N6O3. The molecule has 3 rings (SSSR count). The Labute approximate surface area is 238 Å². The van der Waals surface area contributed by atoms with Crippen LogP contribution in [0.3, 0.4) is 0 Å². The number of urea groups is 1. The van der Waals surface area contributed by atoms with Gasteiger partial charge in [-0.15, -0.1) is 0 Å². The van der Waals surface area contributed by atoms with Crippen LogP contribution >= 0.6 is 0 Å². The van der Waals surface area contributed by atoms with E-state index in [0.29, 0.717) is 49.9 Å². The number of piperazine rings is 1. The number of hydrogen-bond donors (Lipinski definition) is 1. The number of rotatable bonds is 10. The number of aromatic nitrogens is 1. The number of carbonyl (C=O) groups is 3. The van der Waals surface area contributed by atoms with Gasteiger partial charge in [0.1, 0.15) is 11.5 Å². The van der Waals surface area contributed by atoms with Crippen molar-refractivity contribution >= 4 is 30.3 Å². The van der Waals surface area contributed by atoms with Gasteiger partial charge >= 0.3 is 6.03 Å². The molecule has 0 saturated carbocycles. The molecule has 40 heavy (non-hydrogen) atoms. The number of aldehydes is 1. The fourth-order valence-corrected chi connectivity index (χ4v) is 4.67. The van der Waals surface area contributed by atoms with E-state index in [1.54, 1.807) is 9.80 Å². The summed E-state index contributed by atoms with van der Waals surface area (Å²) in [5.74, 6) is 0.923. The minimum atomic E-state index is -0.289. The summed E-state index contributed by atoms with van der Waals surface area (Å²) in [4.78, 5) is 52.5. The number of nitrogens with zero attached hydrogens (tertiary/aromatic N) is 5. The van der Waals surface area contributed by atoms with Crippen LogP contribution in [0.5, 0.6) is 0 Å². The van der Waals surface area contributed by atoms with Gasteiger partial charge in [0.05, 0.1) is 12.2 Å². The van der Waals surface area contributed by atoms with Crippen molar-refractivity contribution in [2.75, 3.05) is 38.1 Å². The lowest BCUT2D eigenvalue weighted by Crippen LogP contribution is -2.48. The van der Waals surface area contributed by atoms with E-state index in [4.69, 9.17) is 4.99 Å². The van der Waals surface area contributed by atoms with Crippen molar-refractivity contribution in [2.24, 2.45) is 10.9 Å². The van der Waals surface area contributed by atoms with Crippen LogP contribution in [0.2, 0.25) is 0 Å². The normalized spacial score (nSPS) is 18.2. The number of allylic oxidation sites excluding steroid dienone is 5. The molecule has 1 N–H and O–H groups in total. The molecule has 216 valence electrons. The van der Waals surface area contributed by atoms with E-state index in [1.807, 2.05) is 50.2 Å². The third kappa shape index (κ3) is 8.21. The molecule has 2 aliphatic heterocycles. The van der Waals surface area contributed by atoms with E-state index < -0.39 is 0 Å². The van der Waals surface area contributed by atoms with Gasteiger partial charge < -0.3 is 10.2 Å². The van der Waals surface area contributed by atoms with E-state index in [9.17, 15) is 14.4 Å². The number of hydrogen-bond acceptors (Lipinski definition) is 6. The summed E-state index contributed by atoms with van der Waals surface area (Å²) in [6.45, 7) is 12.8. The summed E-state index contributed by atoms with van der Waals surface area (Å²) in [5, 5.41) is 2.99. The number of carbonyl (C=O) groups excluding carboxylic acids is 3. The first-order valence-corrected chi connectivity index (χ1v) is 14.3. The molecule has 0 aromatic carbocycles. The summed E-state index contributed by atoms with van der Waals surface area (Å²) in [5.41, 5.74) is 4.40. The molecule has 1 atom stereocenters. The molecule has 9 heteroatoms. The molecule has 1 aromatic rings. The number of likely N-dealkylation sites (N-methyl/N-ethyl adjacent to an activating group) is 1. The largest absolute Gasteiger partial charge is 0.336 e. The quantitative estimate of drug-likeness (QED) is 0.255. The van der Waals surface area contributed by atoms with Crippen molar-refractivity contribution in [3.05, 3.63) is 58.1 Å². The Bertz CT molecular complexity index is 1220. The van der Waals surface area contributed by atoms with E-state index in [2.05, 4.69) is 37.1 Å². The Morgan fingerprint density at radius 2 is 2.00 bits per heavy atom. The summed E-state index contributed by atoms with van der Waals surface area (Å²) < 4.78 is 0. The molecule has 0 aliphatic carbocycles. The number of nitrogens with one attached hydrogen (secondary N) is 1. The van der Waals surface area contributed by atoms with Gasteiger partial charge in [-0.3, -0.25) is 24.4 Å². The molecule has 1 aromatic heterocycles. The average molecular weight is 549 g/mol. The van der Waals surface area contributed by atoms with Gasteiger partial charge in [-0.1, -0.05) is 26.8 Å². The van der Waals surface area contributed by atoms with E-state index in [1.165, 1.54) is 0 Å². The summed E-state index contributed by atoms with van der Waals surface area (Å²) >= 11 is 0. The summed E-state index contributed by atoms with van der Waals surface area (Å²) in [6.07, 6.45) is 12.2.